The summed E-state index contributed by atoms with van der Waals surface area (Å²) in [6.45, 7) is 0. The summed E-state index contributed by atoms with van der Waals surface area (Å²) in [6.07, 6.45) is 2.69. The molecule has 3 nitrogen and oxygen atoms in total. The van der Waals surface area contributed by atoms with E-state index in [-0.39, 0.29) is 0 Å². The highest BCUT2D eigenvalue weighted by Crippen LogP contribution is 2.10. The Hall–Kier alpha value is -1.61. The average Bonchev–Trinajstić information content (AvgIpc) is 2.26. The fraction of sp³-hybridized carbons (Fsp3) is 0.0909. The molecule has 1 rings (SSSR count). The zero-order chi connectivity index (χ0) is 11.3. The Bertz CT molecular complexity index is 393. The molecule has 1 aromatic rings. The van der Waals surface area contributed by atoms with Crippen LogP contribution in [0.4, 0.5) is 0 Å². The van der Waals surface area contributed by atoms with E-state index in [0.29, 0.717) is 5.02 Å². The molecule has 0 saturated carbocycles. The van der Waals surface area contributed by atoms with Gasteiger partial charge in [-0.15, -0.1) is 0 Å². The zero-order valence-electron chi connectivity index (χ0n) is 8.07. The van der Waals surface area contributed by atoms with Crippen molar-refractivity contribution >= 4 is 29.4 Å². The van der Waals surface area contributed by atoms with Gasteiger partial charge in [0.1, 0.15) is 0 Å². The van der Waals surface area contributed by atoms with E-state index in [9.17, 15) is 9.59 Å². The van der Waals surface area contributed by atoms with Crippen molar-refractivity contribution in [1.29, 1.82) is 0 Å². The predicted molar refractivity (Wildman–Crippen MR) is 57.5 cm³/mol. The normalized spacial score (nSPS) is 10.3. The molecular weight excluding hydrogens is 216 g/mol. The lowest BCUT2D eigenvalue weighted by Crippen LogP contribution is -2.11. The molecule has 0 aliphatic carbocycles. The summed E-state index contributed by atoms with van der Waals surface area (Å²) in [7, 11) is 1.16. The molecule has 0 aromatic heterocycles. The van der Waals surface area contributed by atoms with Crippen LogP contribution in [0.25, 0.3) is 6.08 Å². The molecule has 0 aliphatic rings. The van der Waals surface area contributed by atoms with Crippen molar-refractivity contribution in [1.82, 2.24) is 0 Å². The first-order valence-corrected chi connectivity index (χ1v) is 4.57. The van der Waals surface area contributed by atoms with Crippen molar-refractivity contribution in [2.75, 3.05) is 7.11 Å². The first-order chi connectivity index (χ1) is 7.13. The van der Waals surface area contributed by atoms with Crippen molar-refractivity contribution in [3.8, 4) is 0 Å². The van der Waals surface area contributed by atoms with Gasteiger partial charge in [-0.25, -0.2) is 4.79 Å². The van der Waals surface area contributed by atoms with Gasteiger partial charge >= 0.3 is 5.97 Å². The maximum atomic E-state index is 11.0. The van der Waals surface area contributed by atoms with E-state index in [0.717, 1.165) is 18.7 Å². The van der Waals surface area contributed by atoms with E-state index in [4.69, 9.17) is 11.6 Å². The summed E-state index contributed by atoms with van der Waals surface area (Å²) >= 11 is 5.68. The second-order valence-electron chi connectivity index (χ2n) is 2.74. The highest BCUT2D eigenvalue weighted by Gasteiger charge is 2.08. The van der Waals surface area contributed by atoms with Crippen molar-refractivity contribution in [2.45, 2.75) is 0 Å². The molecule has 0 N–H and O–H groups in total. The Labute approximate surface area is 92.3 Å². The van der Waals surface area contributed by atoms with Gasteiger partial charge < -0.3 is 4.74 Å². The number of ketones is 1. The fourth-order valence-electron chi connectivity index (χ4n) is 0.914. The first kappa shape index (κ1) is 11.5. The highest BCUT2D eigenvalue weighted by molar-refractivity contribution is 6.39. The summed E-state index contributed by atoms with van der Waals surface area (Å²) in [4.78, 5) is 21.8. The number of hydrogen-bond acceptors (Lipinski definition) is 3. The van der Waals surface area contributed by atoms with Crippen LogP contribution < -0.4 is 0 Å². The van der Waals surface area contributed by atoms with Gasteiger partial charge in [0.05, 0.1) is 7.11 Å². The van der Waals surface area contributed by atoms with Gasteiger partial charge in [-0.1, -0.05) is 29.8 Å². The number of rotatable bonds is 3. The minimum absolute atomic E-state index is 0.617. The number of methoxy groups -OCH3 is 1. The summed E-state index contributed by atoms with van der Waals surface area (Å²) in [5, 5.41) is 0.617. The van der Waals surface area contributed by atoms with Crippen LogP contribution >= 0.6 is 11.6 Å². The second-order valence-corrected chi connectivity index (χ2v) is 3.18. The lowest BCUT2D eigenvalue weighted by atomic mass is 10.2. The smallest absolute Gasteiger partial charge is 0.378 e. The van der Waals surface area contributed by atoms with Crippen molar-refractivity contribution < 1.29 is 14.3 Å². The van der Waals surface area contributed by atoms with Gasteiger partial charge in [-0.2, -0.15) is 0 Å². The Morgan fingerprint density at radius 2 is 1.87 bits per heavy atom. The van der Waals surface area contributed by atoms with Crippen LogP contribution in [-0.4, -0.2) is 18.9 Å². The van der Waals surface area contributed by atoms with E-state index >= 15 is 0 Å². The van der Waals surface area contributed by atoms with E-state index in [1.807, 2.05) is 0 Å². The van der Waals surface area contributed by atoms with Crippen LogP contribution in [-0.2, 0) is 14.3 Å². The van der Waals surface area contributed by atoms with E-state index in [1.165, 1.54) is 6.08 Å². The number of ether oxygens (including phenoxy) is 1. The third kappa shape index (κ3) is 3.56. The van der Waals surface area contributed by atoms with E-state index in [1.54, 1.807) is 24.3 Å². The maximum Gasteiger partial charge on any atom is 0.378 e. The monoisotopic (exact) mass is 224 g/mol. The molecule has 0 bridgehead atoms. The van der Waals surface area contributed by atoms with Gasteiger partial charge in [0.25, 0.3) is 5.78 Å². The van der Waals surface area contributed by atoms with Crippen LogP contribution in [0.15, 0.2) is 30.3 Å². The molecule has 0 atom stereocenters. The predicted octanol–water partition coefficient (Wildman–Crippen LogP) is 2.10. The molecule has 0 spiro atoms. The Morgan fingerprint density at radius 1 is 1.27 bits per heavy atom. The Kier molecular flexibility index (Phi) is 4.06. The summed E-state index contributed by atoms with van der Waals surface area (Å²) in [5.41, 5.74) is 0.789. The molecule has 0 heterocycles. The molecule has 4 heteroatoms. The summed E-state index contributed by atoms with van der Waals surface area (Å²) < 4.78 is 4.26. The molecule has 0 radical (unpaired) electrons. The highest BCUT2D eigenvalue weighted by atomic mass is 35.5. The molecule has 0 aliphatic heterocycles. The van der Waals surface area contributed by atoms with Crippen LogP contribution in [0.1, 0.15) is 5.56 Å². The van der Waals surface area contributed by atoms with Crippen molar-refractivity contribution in [3.63, 3.8) is 0 Å². The molecule has 0 fully saturated rings. The Balaban J connectivity index is 2.69. The van der Waals surface area contributed by atoms with E-state index in [2.05, 4.69) is 4.74 Å². The minimum atomic E-state index is -0.875. The van der Waals surface area contributed by atoms with Gasteiger partial charge in [0, 0.05) is 5.02 Å². The number of benzene rings is 1. The SMILES string of the molecule is COC(=O)C(=O)/C=C/c1ccc(Cl)cc1. The minimum Gasteiger partial charge on any atom is -0.463 e. The third-order valence-electron chi connectivity index (χ3n) is 1.68. The van der Waals surface area contributed by atoms with Crippen LogP contribution in [0.2, 0.25) is 5.02 Å². The lowest BCUT2D eigenvalue weighted by molar-refractivity contribution is -0.149. The first-order valence-electron chi connectivity index (χ1n) is 4.19. The molecule has 15 heavy (non-hydrogen) atoms. The summed E-state index contributed by atoms with van der Waals surface area (Å²) in [5.74, 6) is -1.56. The molecule has 1 aromatic carbocycles. The standard InChI is InChI=1S/C11H9ClO3/c1-15-11(14)10(13)7-4-8-2-5-9(12)6-3-8/h2-7H,1H3/b7-4+. The van der Waals surface area contributed by atoms with Crippen LogP contribution in [0, 0.1) is 0 Å². The molecule has 78 valence electrons. The largest absolute Gasteiger partial charge is 0.463 e. The van der Waals surface area contributed by atoms with Crippen molar-refractivity contribution in [3.05, 3.63) is 40.9 Å². The van der Waals surface area contributed by atoms with Crippen molar-refractivity contribution in [2.24, 2.45) is 0 Å². The number of halogens is 1. The molecule has 0 saturated heterocycles. The maximum absolute atomic E-state index is 11.0. The quantitative estimate of drug-likeness (QED) is 0.449. The van der Waals surface area contributed by atoms with Gasteiger partial charge in [0.15, 0.2) is 0 Å². The lowest BCUT2D eigenvalue weighted by Gasteiger charge is -1.93. The molecule has 0 amide bonds. The number of carbonyl (C=O) groups is 2. The third-order valence-corrected chi connectivity index (χ3v) is 1.94. The van der Waals surface area contributed by atoms with E-state index < -0.39 is 11.8 Å². The molecule has 0 unspecified atom stereocenters. The fourth-order valence-corrected chi connectivity index (χ4v) is 1.04. The number of hydrogen-bond donors (Lipinski definition) is 0. The second kappa shape index (κ2) is 5.32. The molecular formula is C11H9ClO3. The van der Waals surface area contributed by atoms with Gasteiger partial charge in [0.2, 0.25) is 0 Å². The van der Waals surface area contributed by atoms with Gasteiger partial charge in [-0.3, -0.25) is 4.79 Å². The zero-order valence-corrected chi connectivity index (χ0v) is 8.82. The Morgan fingerprint density at radius 3 is 2.40 bits per heavy atom. The van der Waals surface area contributed by atoms with Crippen LogP contribution in [0.3, 0.4) is 0 Å². The number of esters is 1. The summed E-state index contributed by atoms with van der Waals surface area (Å²) in [6, 6.07) is 6.88. The van der Waals surface area contributed by atoms with Gasteiger partial charge in [-0.05, 0) is 23.8 Å². The van der Waals surface area contributed by atoms with Crippen LogP contribution in [0.5, 0.6) is 0 Å². The average molecular weight is 225 g/mol. The number of carbonyl (C=O) groups excluding carboxylic acids is 2. The topological polar surface area (TPSA) is 43.4 Å².